The molecule has 0 aliphatic carbocycles. The molecule has 0 aliphatic rings. The first-order chi connectivity index (χ1) is 9.19. The quantitative estimate of drug-likeness (QED) is 0.883. The van der Waals surface area contributed by atoms with E-state index < -0.39 is 6.04 Å². The van der Waals surface area contributed by atoms with Crippen LogP contribution >= 0.6 is 0 Å². The Hall–Kier alpha value is -2.08. The summed E-state index contributed by atoms with van der Waals surface area (Å²) in [6, 6.07) is 3.22. The Kier molecular flexibility index (Phi) is 4.01. The van der Waals surface area contributed by atoms with E-state index in [1.807, 2.05) is 19.1 Å². The number of hydrogen-bond donors (Lipinski definition) is 1. The van der Waals surface area contributed by atoms with Crippen molar-refractivity contribution in [3.8, 4) is 11.8 Å². The van der Waals surface area contributed by atoms with Crippen LogP contribution in [0.1, 0.15) is 30.2 Å². The molecular formula is C13H17N3O3. The monoisotopic (exact) mass is 263 g/mol. The smallest absolute Gasteiger partial charge is 0.240 e. The number of ether oxygens (including phenoxy) is 2. The molecule has 2 heterocycles. The molecule has 0 aromatic carbocycles. The van der Waals surface area contributed by atoms with Crippen molar-refractivity contribution in [3.05, 3.63) is 35.5 Å². The summed E-state index contributed by atoms with van der Waals surface area (Å²) in [6.45, 7) is 2.02. The van der Waals surface area contributed by atoms with Crippen molar-refractivity contribution >= 4 is 0 Å². The van der Waals surface area contributed by atoms with E-state index in [4.69, 9.17) is 19.6 Å². The molecule has 1 atom stereocenters. The van der Waals surface area contributed by atoms with Crippen LogP contribution in [-0.2, 0) is 6.42 Å². The van der Waals surface area contributed by atoms with E-state index in [1.165, 1.54) is 20.4 Å². The Labute approximate surface area is 111 Å². The molecule has 6 nitrogen and oxygen atoms in total. The molecule has 0 saturated carbocycles. The maximum atomic E-state index is 6.14. The Balaban J connectivity index is 2.34. The Morgan fingerprint density at radius 3 is 2.68 bits per heavy atom. The fourth-order valence-corrected chi connectivity index (χ4v) is 1.71. The molecule has 0 bridgehead atoms. The molecule has 0 aliphatic heterocycles. The van der Waals surface area contributed by atoms with E-state index in [-0.39, 0.29) is 0 Å². The lowest BCUT2D eigenvalue weighted by Crippen LogP contribution is -2.15. The minimum Gasteiger partial charge on any atom is -0.480 e. The predicted octanol–water partition coefficient (Wildman–Crippen LogP) is 1.70. The predicted molar refractivity (Wildman–Crippen MR) is 69.3 cm³/mol. The molecule has 2 aromatic heterocycles. The summed E-state index contributed by atoms with van der Waals surface area (Å²) in [5.74, 6) is 2.23. The summed E-state index contributed by atoms with van der Waals surface area (Å²) in [5.41, 5.74) is 6.65. The highest BCUT2D eigenvalue weighted by Crippen LogP contribution is 2.27. The molecule has 2 rings (SSSR count). The molecule has 102 valence electrons. The van der Waals surface area contributed by atoms with Gasteiger partial charge in [-0.15, -0.1) is 0 Å². The van der Waals surface area contributed by atoms with Crippen LogP contribution in [0.5, 0.6) is 11.8 Å². The van der Waals surface area contributed by atoms with Gasteiger partial charge in [-0.05, 0) is 12.1 Å². The van der Waals surface area contributed by atoms with Gasteiger partial charge in [0.05, 0.1) is 20.4 Å². The standard InChI is InChI=1S/C13H17N3O3/c1-4-8-5-6-9(19-8)11(14)12-13(18-3)16-10(17-2)7-15-12/h5-7,11H,4,14H2,1-3H3. The molecular weight excluding hydrogens is 246 g/mol. The van der Waals surface area contributed by atoms with Gasteiger partial charge in [-0.25, -0.2) is 4.98 Å². The van der Waals surface area contributed by atoms with E-state index in [0.29, 0.717) is 23.2 Å². The lowest BCUT2D eigenvalue weighted by Gasteiger charge is -2.12. The number of rotatable bonds is 5. The summed E-state index contributed by atoms with van der Waals surface area (Å²) >= 11 is 0. The van der Waals surface area contributed by atoms with Gasteiger partial charge >= 0.3 is 0 Å². The summed E-state index contributed by atoms with van der Waals surface area (Å²) in [4.78, 5) is 8.39. The molecule has 2 N–H and O–H groups in total. The number of furan rings is 1. The van der Waals surface area contributed by atoms with Crippen molar-refractivity contribution in [1.82, 2.24) is 9.97 Å². The molecule has 2 aromatic rings. The first-order valence-electron chi connectivity index (χ1n) is 5.98. The van der Waals surface area contributed by atoms with Gasteiger partial charge in [0.2, 0.25) is 11.8 Å². The summed E-state index contributed by atoms with van der Waals surface area (Å²) < 4.78 is 15.8. The van der Waals surface area contributed by atoms with Crippen LogP contribution in [-0.4, -0.2) is 24.2 Å². The van der Waals surface area contributed by atoms with Gasteiger partial charge in [0.25, 0.3) is 0 Å². The van der Waals surface area contributed by atoms with Crippen molar-refractivity contribution in [1.29, 1.82) is 0 Å². The van der Waals surface area contributed by atoms with Crippen molar-refractivity contribution < 1.29 is 13.9 Å². The fraction of sp³-hybridized carbons (Fsp3) is 0.385. The molecule has 0 saturated heterocycles. The third-order valence-corrected chi connectivity index (χ3v) is 2.78. The first kappa shape index (κ1) is 13.4. The lowest BCUT2D eigenvalue weighted by molar-refractivity contribution is 0.352. The maximum absolute atomic E-state index is 6.14. The number of hydrogen-bond acceptors (Lipinski definition) is 6. The highest BCUT2D eigenvalue weighted by Gasteiger charge is 2.20. The second-order valence-corrected chi connectivity index (χ2v) is 3.94. The average molecular weight is 263 g/mol. The van der Waals surface area contributed by atoms with Crippen LogP contribution < -0.4 is 15.2 Å². The van der Waals surface area contributed by atoms with Crippen LogP contribution in [0.25, 0.3) is 0 Å². The molecule has 19 heavy (non-hydrogen) atoms. The van der Waals surface area contributed by atoms with Gasteiger partial charge in [0, 0.05) is 6.42 Å². The van der Waals surface area contributed by atoms with E-state index >= 15 is 0 Å². The molecule has 6 heteroatoms. The van der Waals surface area contributed by atoms with E-state index in [9.17, 15) is 0 Å². The third kappa shape index (κ3) is 2.68. The van der Waals surface area contributed by atoms with Gasteiger partial charge in [0.15, 0.2) is 0 Å². The van der Waals surface area contributed by atoms with Crippen molar-refractivity contribution in [3.63, 3.8) is 0 Å². The number of methoxy groups -OCH3 is 2. The van der Waals surface area contributed by atoms with Crippen LogP contribution in [0.2, 0.25) is 0 Å². The Bertz CT molecular complexity index is 554. The second-order valence-electron chi connectivity index (χ2n) is 3.94. The van der Waals surface area contributed by atoms with Gasteiger partial charge in [-0.1, -0.05) is 6.92 Å². The fourth-order valence-electron chi connectivity index (χ4n) is 1.71. The highest BCUT2D eigenvalue weighted by atomic mass is 16.5. The molecule has 0 fully saturated rings. The van der Waals surface area contributed by atoms with Gasteiger partial charge in [0.1, 0.15) is 23.3 Å². The molecule has 0 spiro atoms. The summed E-state index contributed by atoms with van der Waals surface area (Å²) in [7, 11) is 3.03. The number of aryl methyl sites for hydroxylation is 1. The lowest BCUT2D eigenvalue weighted by atomic mass is 10.1. The molecule has 1 unspecified atom stereocenters. The largest absolute Gasteiger partial charge is 0.480 e. The number of nitrogens with zero attached hydrogens (tertiary/aromatic N) is 2. The Morgan fingerprint density at radius 1 is 1.32 bits per heavy atom. The van der Waals surface area contributed by atoms with Crippen LogP contribution in [0.3, 0.4) is 0 Å². The Morgan fingerprint density at radius 2 is 2.11 bits per heavy atom. The zero-order chi connectivity index (χ0) is 13.8. The highest BCUT2D eigenvalue weighted by molar-refractivity contribution is 5.30. The van der Waals surface area contributed by atoms with E-state index in [0.717, 1.165) is 12.2 Å². The van der Waals surface area contributed by atoms with Gasteiger partial charge < -0.3 is 19.6 Å². The van der Waals surface area contributed by atoms with Crippen molar-refractivity contribution in [2.24, 2.45) is 5.73 Å². The topological polar surface area (TPSA) is 83.4 Å². The SMILES string of the molecule is CCc1ccc(C(N)c2ncc(OC)nc2OC)o1. The minimum atomic E-state index is -0.520. The zero-order valence-corrected chi connectivity index (χ0v) is 11.2. The molecule has 0 radical (unpaired) electrons. The van der Waals surface area contributed by atoms with Crippen LogP contribution in [0.15, 0.2) is 22.7 Å². The van der Waals surface area contributed by atoms with Gasteiger partial charge in [-0.2, -0.15) is 4.98 Å². The van der Waals surface area contributed by atoms with E-state index in [1.54, 1.807) is 0 Å². The van der Waals surface area contributed by atoms with Crippen molar-refractivity contribution in [2.45, 2.75) is 19.4 Å². The van der Waals surface area contributed by atoms with Gasteiger partial charge in [-0.3, -0.25) is 0 Å². The maximum Gasteiger partial charge on any atom is 0.240 e. The average Bonchev–Trinajstić information content (AvgIpc) is 2.94. The number of nitrogens with two attached hydrogens (primary N) is 1. The van der Waals surface area contributed by atoms with E-state index in [2.05, 4.69) is 9.97 Å². The number of aromatic nitrogens is 2. The van der Waals surface area contributed by atoms with Crippen molar-refractivity contribution in [2.75, 3.05) is 14.2 Å². The normalized spacial score (nSPS) is 12.2. The summed E-state index contributed by atoms with van der Waals surface area (Å²) in [6.07, 6.45) is 2.32. The van der Waals surface area contributed by atoms with Crippen LogP contribution in [0, 0.1) is 0 Å². The second kappa shape index (κ2) is 5.71. The minimum absolute atomic E-state index is 0.335. The zero-order valence-electron chi connectivity index (χ0n) is 11.2. The van der Waals surface area contributed by atoms with Crippen LogP contribution in [0.4, 0.5) is 0 Å². The molecule has 0 amide bonds. The third-order valence-electron chi connectivity index (χ3n) is 2.78. The summed E-state index contributed by atoms with van der Waals surface area (Å²) in [5, 5.41) is 0. The first-order valence-corrected chi connectivity index (χ1v) is 5.98.